The highest BCUT2D eigenvalue weighted by Crippen LogP contribution is 2.27. The minimum atomic E-state index is 0.0556. The molecule has 3 heterocycles. The first-order valence-corrected chi connectivity index (χ1v) is 8.87. The smallest absolute Gasteiger partial charge is 0.248 e. The largest absolute Gasteiger partial charge is 0.375 e. The lowest BCUT2D eigenvalue weighted by molar-refractivity contribution is -0.136. The van der Waals surface area contributed by atoms with Crippen LogP contribution in [0, 0.1) is 0 Å². The molecule has 2 aromatic heterocycles. The molecule has 2 aromatic rings. The maximum absolute atomic E-state index is 12.1. The molecule has 0 spiro atoms. The molecule has 0 N–H and O–H groups in total. The summed E-state index contributed by atoms with van der Waals surface area (Å²) in [7, 11) is 1.56. The second-order valence-electron chi connectivity index (χ2n) is 6.84. The number of nitrogens with zero attached hydrogens (tertiary/aromatic N) is 4. The standard InChI is InChI=1S/C19H26N4O2/c1-14(2)19-20-9-11-23(19)17-8-4-7-16(21-17)15-6-5-10-22(12-15)18(24)13-25-3/h4,7-9,11,14-15H,5-6,10,12-13H2,1-3H3/t15-/m0/s1. The molecule has 1 aliphatic heterocycles. The Kier molecular flexibility index (Phi) is 5.48. The van der Waals surface area contributed by atoms with Gasteiger partial charge in [-0.3, -0.25) is 9.36 Å². The van der Waals surface area contributed by atoms with Crippen molar-refractivity contribution in [2.24, 2.45) is 0 Å². The molecule has 3 rings (SSSR count). The average Bonchev–Trinajstić information content (AvgIpc) is 3.12. The predicted molar refractivity (Wildman–Crippen MR) is 95.9 cm³/mol. The van der Waals surface area contributed by atoms with E-state index in [0.29, 0.717) is 12.5 Å². The molecule has 1 fully saturated rings. The Hall–Kier alpha value is -2.21. The summed E-state index contributed by atoms with van der Waals surface area (Å²) in [6.07, 6.45) is 5.81. The number of ether oxygens (including phenoxy) is 1. The first kappa shape index (κ1) is 17.6. The van der Waals surface area contributed by atoms with Gasteiger partial charge in [0.1, 0.15) is 18.2 Å². The van der Waals surface area contributed by atoms with Crippen LogP contribution in [0.5, 0.6) is 0 Å². The Morgan fingerprint density at radius 3 is 3.00 bits per heavy atom. The van der Waals surface area contributed by atoms with Gasteiger partial charge in [0.05, 0.1) is 0 Å². The molecule has 0 radical (unpaired) electrons. The van der Waals surface area contributed by atoms with Crippen LogP contribution in [0.2, 0.25) is 0 Å². The van der Waals surface area contributed by atoms with Gasteiger partial charge in [0.2, 0.25) is 5.91 Å². The molecule has 1 aliphatic rings. The van der Waals surface area contributed by atoms with Crippen LogP contribution in [-0.4, -0.2) is 52.1 Å². The quantitative estimate of drug-likeness (QED) is 0.838. The lowest BCUT2D eigenvalue weighted by atomic mass is 9.94. The Balaban J connectivity index is 1.81. The van der Waals surface area contributed by atoms with E-state index in [2.05, 4.69) is 24.9 Å². The number of imidazole rings is 1. The number of pyridine rings is 1. The van der Waals surface area contributed by atoms with E-state index in [-0.39, 0.29) is 18.4 Å². The molecule has 0 aliphatic carbocycles. The minimum absolute atomic E-state index is 0.0556. The van der Waals surface area contributed by atoms with E-state index in [9.17, 15) is 4.79 Å². The summed E-state index contributed by atoms with van der Waals surface area (Å²) in [6.45, 7) is 5.91. The van der Waals surface area contributed by atoms with Gasteiger partial charge in [-0.25, -0.2) is 9.97 Å². The fourth-order valence-corrected chi connectivity index (χ4v) is 3.40. The lowest BCUT2D eigenvalue weighted by Gasteiger charge is -2.32. The third-order valence-corrected chi connectivity index (χ3v) is 4.65. The summed E-state index contributed by atoms with van der Waals surface area (Å²) in [5, 5.41) is 0. The van der Waals surface area contributed by atoms with Gasteiger partial charge in [-0.15, -0.1) is 0 Å². The molecule has 6 heteroatoms. The van der Waals surface area contributed by atoms with Crippen molar-refractivity contribution in [3.05, 3.63) is 42.1 Å². The molecule has 6 nitrogen and oxygen atoms in total. The molecule has 1 atom stereocenters. The van der Waals surface area contributed by atoms with Crippen molar-refractivity contribution in [1.82, 2.24) is 19.4 Å². The Bertz CT molecular complexity index is 726. The summed E-state index contributed by atoms with van der Waals surface area (Å²) in [5.74, 6) is 2.54. The van der Waals surface area contributed by atoms with E-state index < -0.39 is 0 Å². The maximum atomic E-state index is 12.1. The van der Waals surface area contributed by atoms with Gasteiger partial charge in [0.15, 0.2) is 0 Å². The zero-order chi connectivity index (χ0) is 17.8. The number of likely N-dealkylation sites (tertiary alicyclic amines) is 1. The van der Waals surface area contributed by atoms with E-state index in [0.717, 1.165) is 36.7 Å². The predicted octanol–water partition coefficient (Wildman–Crippen LogP) is 2.74. The van der Waals surface area contributed by atoms with E-state index >= 15 is 0 Å². The highest BCUT2D eigenvalue weighted by molar-refractivity contribution is 5.77. The van der Waals surface area contributed by atoms with Crippen LogP contribution in [0.3, 0.4) is 0 Å². The zero-order valence-electron chi connectivity index (χ0n) is 15.2. The molecule has 0 unspecified atom stereocenters. The number of carbonyl (C=O) groups excluding carboxylic acids is 1. The van der Waals surface area contributed by atoms with Crippen molar-refractivity contribution >= 4 is 5.91 Å². The van der Waals surface area contributed by atoms with Crippen molar-refractivity contribution in [3.8, 4) is 5.82 Å². The molecule has 0 saturated carbocycles. The number of carbonyl (C=O) groups is 1. The second kappa shape index (κ2) is 7.78. The van der Waals surface area contributed by atoms with Gasteiger partial charge >= 0.3 is 0 Å². The second-order valence-corrected chi connectivity index (χ2v) is 6.84. The third kappa shape index (κ3) is 3.90. The van der Waals surface area contributed by atoms with Crippen molar-refractivity contribution < 1.29 is 9.53 Å². The van der Waals surface area contributed by atoms with Crippen LogP contribution in [0.25, 0.3) is 5.82 Å². The summed E-state index contributed by atoms with van der Waals surface area (Å²) in [4.78, 5) is 23.3. The summed E-state index contributed by atoms with van der Waals surface area (Å²) in [5.41, 5.74) is 1.04. The molecular weight excluding hydrogens is 316 g/mol. The Labute approximate surface area is 148 Å². The van der Waals surface area contributed by atoms with Crippen molar-refractivity contribution in [1.29, 1.82) is 0 Å². The normalized spacial score (nSPS) is 17.9. The lowest BCUT2D eigenvalue weighted by Crippen LogP contribution is -2.41. The molecule has 134 valence electrons. The van der Waals surface area contributed by atoms with Crippen LogP contribution in [-0.2, 0) is 9.53 Å². The van der Waals surface area contributed by atoms with Crippen LogP contribution in [0.4, 0.5) is 0 Å². The monoisotopic (exact) mass is 342 g/mol. The highest BCUT2D eigenvalue weighted by atomic mass is 16.5. The molecule has 1 saturated heterocycles. The van der Waals surface area contributed by atoms with Crippen molar-refractivity contribution in [2.45, 2.75) is 38.5 Å². The van der Waals surface area contributed by atoms with Gasteiger partial charge in [0.25, 0.3) is 0 Å². The maximum Gasteiger partial charge on any atom is 0.248 e. The van der Waals surface area contributed by atoms with E-state index in [1.54, 1.807) is 7.11 Å². The number of aromatic nitrogens is 3. The van der Waals surface area contributed by atoms with Gasteiger partial charge in [-0.2, -0.15) is 0 Å². The van der Waals surface area contributed by atoms with E-state index in [1.165, 1.54) is 0 Å². The topological polar surface area (TPSA) is 60.2 Å². The fourth-order valence-electron chi connectivity index (χ4n) is 3.40. The Morgan fingerprint density at radius 2 is 2.24 bits per heavy atom. The summed E-state index contributed by atoms with van der Waals surface area (Å²) >= 11 is 0. The van der Waals surface area contributed by atoms with Gasteiger partial charge < -0.3 is 9.64 Å². The van der Waals surface area contributed by atoms with Crippen LogP contribution < -0.4 is 0 Å². The van der Waals surface area contributed by atoms with Gasteiger partial charge in [0, 0.05) is 50.1 Å². The van der Waals surface area contributed by atoms with Crippen LogP contribution in [0.15, 0.2) is 30.6 Å². The molecule has 0 aromatic carbocycles. The summed E-state index contributed by atoms with van der Waals surface area (Å²) in [6, 6.07) is 6.11. The zero-order valence-corrected chi connectivity index (χ0v) is 15.2. The molecule has 0 bridgehead atoms. The first-order valence-electron chi connectivity index (χ1n) is 8.87. The van der Waals surface area contributed by atoms with Gasteiger partial charge in [-0.1, -0.05) is 19.9 Å². The van der Waals surface area contributed by atoms with Gasteiger partial charge in [-0.05, 0) is 25.0 Å². The van der Waals surface area contributed by atoms with Crippen molar-refractivity contribution in [3.63, 3.8) is 0 Å². The Morgan fingerprint density at radius 1 is 1.40 bits per heavy atom. The molecule has 1 amide bonds. The fraction of sp³-hybridized carbons (Fsp3) is 0.526. The minimum Gasteiger partial charge on any atom is -0.375 e. The first-order chi connectivity index (χ1) is 12.1. The highest BCUT2D eigenvalue weighted by Gasteiger charge is 2.25. The number of methoxy groups -OCH3 is 1. The van der Waals surface area contributed by atoms with Crippen LogP contribution >= 0.6 is 0 Å². The number of rotatable bonds is 5. The number of amides is 1. The summed E-state index contributed by atoms with van der Waals surface area (Å²) < 4.78 is 7.03. The van der Waals surface area contributed by atoms with E-state index in [4.69, 9.17) is 9.72 Å². The molecular formula is C19H26N4O2. The number of piperidine rings is 1. The average molecular weight is 342 g/mol. The SMILES string of the molecule is COCC(=O)N1CCC[C@H](c2cccc(-n3ccnc3C(C)C)n2)C1. The number of hydrogen-bond donors (Lipinski definition) is 0. The molecule has 25 heavy (non-hydrogen) atoms. The third-order valence-electron chi connectivity index (χ3n) is 4.65. The number of hydrogen-bond acceptors (Lipinski definition) is 4. The van der Waals surface area contributed by atoms with E-state index in [1.807, 2.05) is 34.0 Å². The van der Waals surface area contributed by atoms with Crippen molar-refractivity contribution in [2.75, 3.05) is 26.8 Å². The van der Waals surface area contributed by atoms with Crippen LogP contribution in [0.1, 0.15) is 50.0 Å².